The molecule has 1 heterocycles. The van der Waals surface area contributed by atoms with Crippen molar-refractivity contribution < 1.29 is 14.3 Å². The van der Waals surface area contributed by atoms with E-state index in [1.165, 1.54) is 20.0 Å². The van der Waals surface area contributed by atoms with Crippen LogP contribution >= 0.6 is 0 Å². The molecule has 0 aliphatic carbocycles. The van der Waals surface area contributed by atoms with Crippen molar-refractivity contribution in [2.24, 2.45) is 17.8 Å². The molecule has 0 aromatic carbocycles. The van der Waals surface area contributed by atoms with Gasteiger partial charge in [-0.1, -0.05) is 13.8 Å². The maximum Gasteiger partial charge on any atom is 0.310 e. The highest BCUT2D eigenvalue weighted by Gasteiger charge is 2.24. The van der Waals surface area contributed by atoms with Crippen LogP contribution in [0.3, 0.4) is 0 Å². The molecular formula is C15H28N2O3. The summed E-state index contributed by atoms with van der Waals surface area (Å²) in [5, 5.41) is 3.39. The van der Waals surface area contributed by atoms with Crippen molar-refractivity contribution in [1.82, 2.24) is 10.2 Å². The molecule has 0 saturated carbocycles. The van der Waals surface area contributed by atoms with E-state index in [1.54, 1.807) is 18.9 Å². The van der Waals surface area contributed by atoms with Crippen LogP contribution in [0.2, 0.25) is 0 Å². The Balaban J connectivity index is 2.38. The molecule has 1 aliphatic rings. The van der Waals surface area contributed by atoms with Crippen LogP contribution in [0.5, 0.6) is 0 Å². The number of ether oxygens (including phenoxy) is 1. The molecule has 1 saturated heterocycles. The van der Waals surface area contributed by atoms with Gasteiger partial charge in [0.1, 0.15) is 0 Å². The third-order valence-corrected chi connectivity index (χ3v) is 4.21. The molecule has 1 fully saturated rings. The van der Waals surface area contributed by atoms with Gasteiger partial charge in [0, 0.05) is 20.0 Å². The van der Waals surface area contributed by atoms with Gasteiger partial charge in [-0.05, 0) is 37.8 Å². The zero-order chi connectivity index (χ0) is 15.1. The normalized spacial score (nSPS) is 21.9. The summed E-state index contributed by atoms with van der Waals surface area (Å²) in [5.41, 5.74) is 0. The number of esters is 1. The SMILES string of the molecule is COC(=O)C(C)CN(C)C(=O)CC(C)C1CCCNC1. The second kappa shape index (κ2) is 8.25. The molecule has 20 heavy (non-hydrogen) atoms. The molecule has 1 amide bonds. The fraction of sp³-hybridized carbons (Fsp3) is 0.867. The molecule has 0 bridgehead atoms. The van der Waals surface area contributed by atoms with Crippen LogP contribution in [0.15, 0.2) is 0 Å². The molecule has 1 N–H and O–H groups in total. The van der Waals surface area contributed by atoms with Gasteiger partial charge < -0.3 is 15.0 Å². The summed E-state index contributed by atoms with van der Waals surface area (Å²) in [6, 6.07) is 0. The fourth-order valence-electron chi connectivity index (χ4n) is 2.75. The minimum atomic E-state index is -0.277. The lowest BCUT2D eigenvalue weighted by Crippen LogP contribution is -2.38. The summed E-state index contributed by atoms with van der Waals surface area (Å²) in [5.74, 6) is 0.527. The maximum atomic E-state index is 12.2. The van der Waals surface area contributed by atoms with Gasteiger partial charge in [-0.15, -0.1) is 0 Å². The van der Waals surface area contributed by atoms with Crippen molar-refractivity contribution in [3.8, 4) is 0 Å². The van der Waals surface area contributed by atoms with Crippen molar-refractivity contribution in [3.63, 3.8) is 0 Å². The Kier molecular flexibility index (Phi) is 6.99. The molecule has 1 rings (SSSR count). The van der Waals surface area contributed by atoms with E-state index in [0.29, 0.717) is 24.8 Å². The Bertz CT molecular complexity index is 327. The van der Waals surface area contributed by atoms with Crippen LogP contribution in [0.25, 0.3) is 0 Å². The number of hydrogen-bond acceptors (Lipinski definition) is 4. The highest BCUT2D eigenvalue weighted by atomic mass is 16.5. The molecule has 1 aliphatic heterocycles. The number of carbonyl (C=O) groups is 2. The Morgan fingerprint density at radius 1 is 1.40 bits per heavy atom. The highest BCUT2D eigenvalue weighted by Crippen LogP contribution is 2.23. The zero-order valence-corrected chi connectivity index (χ0v) is 13.1. The number of methoxy groups -OCH3 is 1. The van der Waals surface area contributed by atoms with E-state index in [9.17, 15) is 9.59 Å². The Morgan fingerprint density at radius 3 is 2.65 bits per heavy atom. The maximum absolute atomic E-state index is 12.2. The Hall–Kier alpha value is -1.10. The highest BCUT2D eigenvalue weighted by molar-refractivity contribution is 5.77. The summed E-state index contributed by atoms with van der Waals surface area (Å²) < 4.78 is 4.68. The number of rotatable bonds is 6. The third-order valence-electron chi connectivity index (χ3n) is 4.21. The largest absolute Gasteiger partial charge is 0.469 e. The zero-order valence-electron chi connectivity index (χ0n) is 13.1. The van der Waals surface area contributed by atoms with E-state index in [1.807, 2.05) is 0 Å². The lowest BCUT2D eigenvalue weighted by Gasteiger charge is -2.29. The molecule has 3 atom stereocenters. The van der Waals surface area contributed by atoms with Gasteiger partial charge in [0.05, 0.1) is 13.0 Å². The standard InChI is InChI=1S/C15H28N2O3/c1-11(13-6-5-7-16-9-13)8-14(18)17(3)10-12(2)15(19)20-4/h11-13,16H,5-10H2,1-4H3. The number of nitrogens with one attached hydrogen (secondary N) is 1. The van der Waals surface area contributed by atoms with Crippen LogP contribution in [-0.2, 0) is 14.3 Å². The first-order valence-corrected chi connectivity index (χ1v) is 7.48. The van der Waals surface area contributed by atoms with Crippen molar-refractivity contribution in [1.29, 1.82) is 0 Å². The van der Waals surface area contributed by atoms with Crippen LogP contribution in [0.4, 0.5) is 0 Å². The Morgan fingerprint density at radius 2 is 2.10 bits per heavy atom. The van der Waals surface area contributed by atoms with Crippen molar-refractivity contribution in [3.05, 3.63) is 0 Å². The first kappa shape index (κ1) is 17.0. The van der Waals surface area contributed by atoms with Crippen molar-refractivity contribution in [2.45, 2.75) is 33.1 Å². The average molecular weight is 284 g/mol. The van der Waals surface area contributed by atoms with Gasteiger partial charge in [0.25, 0.3) is 0 Å². The Labute approximate surface area is 122 Å². The number of piperidine rings is 1. The molecular weight excluding hydrogens is 256 g/mol. The van der Waals surface area contributed by atoms with E-state index >= 15 is 0 Å². The molecule has 0 radical (unpaired) electrons. The van der Waals surface area contributed by atoms with Gasteiger partial charge in [0.2, 0.25) is 5.91 Å². The third kappa shape index (κ3) is 5.12. The van der Waals surface area contributed by atoms with Crippen LogP contribution in [0, 0.1) is 17.8 Å². The van der Waals surface area contributed by atoms with E-state index in [2.05, 4.69) is 17.0 Å². The lowest BCUT2D eigenvalue weighted by molar-refractivity contribution is -0.146. The average Bonchev–Trinajstić information content (AvgIpc) is 2.46. The molecule has 0 aromatic heterocycles. The predicted molar refractivity (Wildman–Crippen MR) is 78.2 cm³/mol. The topological polar surface area (TPSA) is 58.6 Å². The molecule has 5 nitrogen and oxygen atoms in total. The van der Waals surface area contributed by atoms with Crippen molar-refractivity contribution >= 4 is 11.9 Å². The second-order valence-electron chi connectivity index (χ2n) is 5.99. The van der Waals surface area contributed by atoms with Gasteiger partial charge in [0.15, 0.2) is 0 Å². The van der Waals surface area contributed by atoms with Crippen LogP contribution < -0.4 is 5.32 Å². The van der Waals surface area contributed by atoms with E-state index in [-0.39, 0.29) is 17.8 Å². The van der Waals surface area contributed by atoms with Gasteiger partial charge >= 0.3 is 5.97 Å². The van der Waals surface area contributed by atoms with Gasteiger partial charge in [-0.25, -0.2) is 0 Å². The first-order chi connectivity index (χ1) is 9.45. The van der Waals surface area contributed by atoms with E-state index in [0.717, 1.165) is 13.1 Å². The molecule has 5 heteroatoms. The molecule has 0 spiro atoms. The number of amides is 1. The van der Waals surface area contributed by atoms with Crippen molar-refractivity contribution in [2.75, 3.05) is 33.8 Å². The van der Waals surface area contributed by atoms with Gasteiger partial charge in [-0.2, -0.15) is 0 Å². The number of carbonyl (C=O) groups excluding carboxylic acids is 2. The molecule has 116 valence electrons. The summed E-state index contributed by atoms with van der Waals surface area (Å²) in [6.45, 7) is 6.45. The van der Waals surface area contributed by atoms with E-state index in [4.69, 9.17) is 0 Å². The fourth-order valence-corrected chi connectivity index (χ4v) is 2.75. The molecule has 0 aromatic rings. The van der Waals surface area contributed by atoms with Gasteiger partial charge in [-0.3, -0.25) is 9.59 Å². The van der Waals surface area contributed by atoms with E-state index < -0.39 is 0 Å². The molecule has 3 unspecified atom stereocenters. The minimum absolute atomic E-state index is 0.110. The summed E-state index contributed by atoms with van der Waals surface area (Å²) in [4.78, 5) is 25.2. The summed E-state index contributed by atoms with van der Waals surface area (Å²) in [7, 11) is 3.13. The monoisotopic (exact) mass is 284 g/mol. The van der Waals surface area contributed by atoms with Crippen LogP contribution in [-0.4, -0.2) is 50.6 Å². The smallest absolute Gasteiger partial charge is 0.310 e. The first-order valence-electron chi connectivity index (χ1n) is 7.48. The second-order valence-corrected chi connectivity index (χ2v) is 5.99. The number of nitrogens with zero attached hydrogens (tertiary/aromatic N) is 1. The minimum Gasteiger partial charge on any atom is -0.469 e. The quantitative estimate of drug-likeness (QED) is 0.747. The lowest BCUT2D eigenvalue weighted by atomic mass is 9.85. The number of hydrogen-bond donors (Lipinski definition) is 1. The summed E-state index contributed by atoms with van der Waals surface area (Å²) >= 11 is 0. The summed E-state index contributed by atoms with van der Waals surface area (Å²) in [6.07, 6.45) is 2.94. The van der Waals surface area contributed by atoms with Crippen LogP contribution in [0.1, 0.15) is 33.1 Å². The predicted octanol–water partition coefficient (Wildman–Crippen LogP) is 1.28.